The number of carbonyl (C=O) groups excluding carboxylic acids is 2. The van der Waals surface area contributed by atoms with E-state index in [1.807, 2.05) is 13.8 Å². The minimum Gasteiger partial charge on any atom is -0.452 e. The molecule has 6 heteroatoms. The average Bonchev–Trinajstić information content (AvgIpc) is 2.86. The normalized spacial score (nSPS) is 17.4. The van der Waals surface area contributed by atoms with Crippen LogP contribution >= 0.6 is 0 Å². The van der Waals surface area contributed by atoms with Crippen LogP contribution in [0.3, 0.4) is 0 Å². The van der Waals surface area contributed by atoms with Gasteiger partial charge >= 0.3 is 5.97 Å². The summed E-state index contributed by atoms with van der Waals surface area (Å²) in [6.07, 6.45) is 7.34. The first-order chi connectivity index (χ1) is 12.4. The van der Waals surface area contributed by atoms with E-state index < -0.39 is 12.1 Å². The number of aromatic nitrogens is 1. The minimum absolute atomic E-state index is 0.0705. The van der Waals surface area contributed by atoms with E-state index in [-0.39, 0.29) is 24.3 Å². The Kier molecular flexibility index (Phi) is 7.66. The van der Waals surface area contributed by atoms with Crippen LogP contribution in [0.4, 0.5) is 0 Å². The number of nitrogens with one attached hydrogen (secondary N) is 1. The Bertz CT molecular complexity index is 581. The highest BCUT2D eigenvalue weighted by Gasteiger charge is 2.29. The zero-order valence-corrected chi connectivity index (χ0v) is 16.5. The van der Waals surface area contributed by atoms with Gasteiger partial charge in [-0.05, 0) is 32.6 Å². The summed E-state index contributed by atoms with van der Waals surface area (Å²) in [4.78, 5) is 25.1. The summed E-state index contributed by atoms with van der Waals surface area (Å²) < 4.78 is 10.6. The van der Waals surface area contributed by atoms with E-state index in [1.54, 1.807) is 13.8 Å². The molecular weight excluding hydrogens is 332 g/mol. The molecule has 1 saturated carbocycles. The molecule has 0 bridgehead atoms. The summed E-state index contributed by atoms with van der Waals surface area (Å²) in [5.41, 5.74) is 1.41. The summed E-state index contributed by atoms with van der Waals surface area (Å²) >= 11 is 0. The molecule has 6 nitrogen and oxygen atoms in total. The number of esters is 1. The van der Waals surface area contributed by atoms with Crippen molar-refractivity contribution < 1.29 is 18.8 Å². The van der Waals surface area contributed by atoms with Crippen molar-refractivity contribution in [1.82, 2.24) is 10.5 Å². The topological polar surface area (TPSA) is 81.4 Å². The predicted molar refractivity (Wildman–Crippen MR) is 98.6 cm³/mol. The van der Waals surface area contributed by atoms with Crippen molar-refractivity contribution in [1.29, 1.82) is 0 Å². The summed E-state index contributed by atoms with van der Waals surface area (Å²) in [7, 11) is 0. The molecule has 2 rings (SSSR count). The fourth-order valence-corrected chi connectivity index (χ4v) is 3.46. The van der Waals surface area contributed by atoms with E-state index in [0.717, 1.165) is 31.2 Å². The van der Waals surface area contributed by atoms with Crippen molar-refractivity contribution in [3.05, 3.63) is 17.0 Å². The molecule has 1 N–H and O–H groups in total. The summed E-state index contributed by atoms with van der Waals surface area (Å²) in [6, 6.07) is 0.185. The Hall–Kier alpha value is -1.85. The maximum Gasteiger partial charge on any atom is 0.311 e. The van der Waals surface area contributed by atoms with Gasteiger partial charge < -0.3 is 14.6 Å². The lowest BCUT2D eigenvalue weighted by atomic mass is 9.96. The third-order valence-corrected chi connectivity index (χ3v) is 5.08. The highest BCUT2D eigenvalue weighted by Crippen LogP contribution is 2.19. The Morgan fingerprint density at radius 2 is 1.77 bits per heavy atom. The van der Waals surface area contributed by atoms with Crippen LogP contribution in [0.5, 0.6) is 0 Å². The number of rotatable bonds is 6. The van der Waals surface area contributed by atoms with Gasteiger partial charge in [0.25, 0.3) is 5.91 Å². The van der Waals surface area contributed by atoms with Crippen LogP contribution in [0, 0.1) is 19.8 Å². The van der Waals surface area contributed by atoms with E-state index in [9.17, 15) is 9.59 Å². The van der Waals surface area contributed by atoms with Gasteiger partial charge in [0.15, 0.2) is 6.10 Å². The monoisotopic (exact) mass is 364 g/mol. The number of nitrogens with zero attached hydrogens (tertiary/aromatic N) is 1. The van der Waals surface area contributed by atoms with Crippen molar-refractivity contribution in [2.75, 3.05) is 0 Å². The molecule has 0 aromatic carbocycles. The largest absolute Gasteiger partial charge is 0.452 e. The second-order valence-electron chi connectivity index (χ2n) is 7.68. The van der Waals surface area contributed by atoms with Gasteiger partial charge in [0.1, 0.15) is 5.76 Å². The Morgan fingerprint density at radius 1 is 1.15 bits per heavy atom. The first-order valence-electron chi connectivity index (χ1n) is 9.80. The molecule has 1 heterocycles. The fourth-order valence-electron chi connectivity index (χ4n) is 3.46. The minimum atomic E-state index is -0.770. The summed E-state index contributed by atoms with van der Waals surface area (Å²) in [5.74, 6) is -0.0831. The van der Waals surface area contributed by atoms with Gasteiger partial charge in [-0.1, -0.05) is 51.1 Å². The standard InChI is InChI=1S/C20H32N2O4/c1-13(2)19(20(24)21-16-10-8-6-5-7-9-11-16)25-18(23)12-17-14(3)22-26-15(17)4/h13,16,19H,5-12H2,1-4H3,(H,21,24)/t19-/m0/s1. The highest BCUT2D eigenvalue weighted by atomic mass is 16.5. The molecule has 1 aromatic rings. The van der Waals surface area contributed by atoms with E-state index in [0.29, 0.717) is 11.5 Å². The predicted octanol–water partition coefficient (Wildman–Crippen LogP) is 3.63. The number of ether oxygens (including phenoxy) is 1. The zero-order chi connectivity index (χ0) is 19.1. The molecule has 0 saturated heterocycles. The van der Waals surface area contributed by atoms with Crippen molar-refractivity contribution in [2.45, 2.75) is 91.2 Å². The van der Waals surface area contributed by atoms with Crippen LogP contribution in [-0.2, 0) is 20.7 Å². The van der Waals surface area contributed by atoms with Gasteiger partial charge in [0, 0.05) is 11.6 Å². The lowest BCUT2D eigenvalue weighted by Crippen LogP contribution is -2.45. The molecule has 1 aliphatic carbocycles. The summed E-state index contributed by atoms with van der Waals surface area (Å²) in [6.45, 7) is 7.35. The Labute approximate surface area is 156 Å². The molecule has 1 aliphatic rings. The SMILES string of the molecule is Cc1noc(C)c1CC(=O)O[C@H](C(=O)NC1CCCCCCC1)C(C)C. The van der Waals surface area contributed by atoms with Crippen LogP contribution in [0.2, 0.25) is 0 Å². The number of amides is 1. The quantitative estimate of drug-likeness (QED) is 0.780. The van der Waals surface area contributed by atoms with E-state index in [4.69, 9.17) is 9.26 Å². The molecule has 0 unspecified atom stereocenters. The second-order valence-corrected chi connectivity index (χ2v) is 7.68. The maximum atomic E-state index is 12.7. The number of carbonyl (C=O) groups is 2. The molecular formula is C20H32N2O4. The van der Waals surface area contributed by atoms with Gasteiger partial charge in [-0.15, -0.1) is 0 Å². The maximum absolute atomic E-state index is 12.7. The second kappa shape index (κ2) is 9.74. The van der Waals surface area contributed by atoms with Gasteiger partial charge in [-0.25, -0.2) is 0 Å². The smallest absolute Gasteiger partial charge is 0.311 e. The average molecular weight is 364 g/mol. The van der Waals surface area contributed by atoms with Crippen LogP contribution in [0.1, 0.15) is 75.8 Å². The molecule has 0 radical (unpaired) electrons. The first kappa shape index (κ1) is 20.5. The Morgan fingerprint density at radius 3 is 2.31 bits per heavy atom. The molecule has 146 valence electrons. The van der Waals surface area contributed by atoms with Gasteiger partial charge in [-0.2, -0.15) is 0 Å². The van der Waals surface area contributed by atoms with Crippen molar-refractivity contribution in [2.24, 2.45) is 5.92 Å². The third kappa shape index (κ3) is 5.85. The molecule has 1 amide bonds. The zero-order valence-electron chi connectivity index (χ0n) is 16.5. The highest BCUT2D eigenvalue weighted by molar-refractivity contribution is 5.84. The van der Waals surface area contributed by atoms with Gasteiger partial charge in [0.05, 0.1) is 12.1 Å². The van der Waals surface area contributed by atoms with E-state index in [1.165, 1.54) is 19.3 Å². The van der Waals surface area contributed by atoms with Crippen LogP contribution in [0.15, 0.2) is 4.52 Å². The van der Waals surface area contributed by atoms with E-state index in [2.05, 4.69) is 10.5 Å². The number of aryl methyl sites for hydroxylation is 2. The molecule has 1 aromatic heterocycles. The fraction of sp³-hybridized carbons (Fsp3) is 0.750. The van der Waals surface area contributed by atoms with E-state index >= 15 is 0 Å². The van der Waals surface area contributed by atoms with Crippen molar-refractivity contribution in [3.63, 3.8) is 0 Å². The molecule has 0 spiro atoms. The van der Waals surface area contributed by atoms with Gasteiger partial charge in [0.2, 0.25) is 0 Å². The van der Waals surface area contributed by atoms with Crippen LogP contribution in [0.25, 0.3) is 0 Å². The van der Waals surface area contributed by atoms with Crippen LogP contribution < -0.4 is 5.32 Å². The molecule has 26 heavy (non-hydrogen) atoms. The first-order valence-corrected chi connectivity index (χ1v) is 9.80. The number of hydrogen-bond acceptors (Lipinski definition) is 5. The Balaban J connectivity index is 1.94. The lowest BCUT2D eigenvalue weighted by molar-refractivity contribution is -0.158. The number of hydrogen-bond donors (Lipinski definition) is 1. The van der Waals surface area contributed by atoms with Crippen molar-refractivity contribution >= 4 is 11.9 Å². The summed E-state index contributed by atoms with van der Waals surface area (Å²) in [5, 5.41) is 6.96. The van der Waals surface area contributed by atoms with Crippen LogP contribution in [-0.4, -0.2) is 29.2 Å². The van der Waals surface area contributed by atoms with Gasteiger partial charge in [-0.3, -0.25) is 9.59 Å². The third-order valence-electron chi connectivity index (χ3n) is 5.08. The molecule has 1 atom stereocenters. The molecule has 1 fully saturated rings. The van der Waals surface area contributed by atoms with Crippen molar-refractivity contribution in [3.8, 4) is 0 Å². The lowest BCUT2D eigenvalue weighted by Gasteiger charge is -2.26. The molecule has 0 aliphatic heterocycles.